The Labute approximate surface area is 172 Å². The van der Waals surface area contributed by atoms with Crippen LogP contribution in [-0.2, 0) is 19.1 Å². The number of nitrogens with one attached hydrogen (secondary N) is 1. The summed E-state index contributed by atoms with van der Waals surface area (Å²) < 4.78 is 18.0. The van der Waals surface area contributed by atoms with Crippen molar-refractivity contribution in [1.29, 1.82) is 0 Å². The zero-order valence-corrected chi connectivity index (χ0v) is 16.0. The number of fused-ring (bicyclic) bond motifs is 1. The highest BCUT2D eigenvalue weighted by Crippen LogP contribution is 2.32. The highest BCUT2D eigenvalue weighted by molar-refractivity contribution is 6.06. The van der Waals surface area contributed by atoms with Crippen molar-refractivity contribution in [3.8, 4) is 0 Å². The van der Waals surface area contributed by atoms with Gasteiger partial charge in [-0.1, -0.05) is 36.4 Å². The van der Waals surface area contributed by atoms with Crippen LogP contribution in [0.5, 0.6) is 0 Å². The molecule has 3 aromatic rings. The molecule has 0 aliphatic carbocycles. The lowest BCUT2D eigenvalue weighted by atomic mass is 10.1. The van der Waals surface area contributed by atoms with Crippen LogP contribution in [0.25, 0.3) is 10.8 Å². The summed E-state index contributed by atoms with van der Waals surface area (Å²) in [5.74, 6) is -2.36. The lowest BCUT2D eigenvalue weighted by Gasteiger charge is -2.18. The summed E-state index contributed by atoms with van der Waals surface area (Å²) in [6.45, 7) is -0.277. The van der Waals surface area contributed by atoms with Crippen molar-refractivity contribution in [3.63, 3.8) is 0 Å². The van der Waals surface area contributed by atoms with Crippen LogP contribution in [0.15, 0.2) is 66.7 Å². The molecule has 0 unspecified atom stereocenters. The first kappa shape index (κ1) is 19.6. The van der Waals surface area contributed by atoms with Crippen LogP contribution in [-0.4, -0.2) is 30.9 Å². The van der Waals surface area contributed by atoms with E-state index in [9.17, 15) is 18.8 Å². The standard InChI is InChI=1S/C23H19FN2O4/c24-17-8-10-18(11-9-17)25-21(27)14-30-23(29)16-12-22(28)26(13-16)20-7-3-5-15-4-1-2-6-19(15)20/h1-11,16H,12-14H2,(H,25,27)/t16-/m0/s1. The summed E-state index contributed by atoms with van der Waals surface area (Å²) in [6.07, 6.45) is 0.0294. The molecule has 0 bridgehead atoms. The Morgan fingerprint density at radius 2 is 1.77 bits per heavy atom. The summed E-state index contributed by atoms with van der Waals surface area (Å²) in [5, 5.41) is 4.46. The zero-order valence-electron chi connectivity index (χ0n) is 16.0. The van der Waals surface area contributed by atoms with Gasteiger partial charge in [-0.25, -0.2) is 4.39 Å². The fraction of sp³-hybridized carbons (Fsp3) is 0.174. The molecule has 1 saturated heterocycles. The third kappa shape index (κ3) is 4.15. The minimum atomic E-state index is -0.643. The predicted octanol–water partition coefficient (Wildman–Crippen LogP) is 3.51. The van der Waals surface area contributed by atoms with Gasteiger partial charge in [0.2, 0.25) is 5.91 Å². The van der Waals surface area contributed by atoms with Crippen molar-refractivity contribution in [1.82, 2.24) is 0 Å². The Kier molecular flexibility index (Phi) is 5.43. The number of anilines is 2. The number of benzene rings is 3. The van der Waals surface area contributed by atoms with Crippen molar-refractivity contribution in [2.75, 3.05) is 23.4 Å². The van der Waals surface area contributed by atoms with Crippen molar-refractivity contribution >= 4 is 39.9 Å². The van der Waals surface area contributed by atoms with Crippen molar-refractivity contribution in [3.05, 3.63) is 72.5 Å². The molecule has 1 fully saturated rings. The predicted molar refractivity (Wildman–Crippen MR) is 110 cm³/mol. The van der Waals surface area contributed by atoms with E-state index in [1.807, 2.05) is 42.5 Å². The number of ether oxygens (including phenoxy) is 1. The van der Waals surface area contributed by atoms with Crippen molar-refractivity contribution in [2.24, 2.45) is 5.92 Å². The molecule has 1 heterocycles. The second kappa shape index (κ2) is 8.32. The minimum absolute atomic E-state index is 0.0294. The molecule has 0 radical (unpaired) electrons. The molecule has 4 rings (SSSR count). The number of rotatable bonds is 5. The maximum absolute atomic E-state index is 12.9. The molecule has 1 atom stereocenters. The fourth-order valence-corrected chi connectivity index (χ4v) is 3.53. The third-order valence-electron chi connectivity index (χ3n) is 4.99. The Morgan fingerprint density at radius 1 is 1.03 bits per heavy atom. The van der Waals surface area contributed by atoms with Gasteiger partial charge in [0, 0.05) is 24.0 Å². The van der Waals surface area contributed by atoms with E-state index < -0.39 is 30.2 Å². The number of halogens is 1. The van der Waals surface area contributed by atoms with Gasteiger partial charge in [0.15, 0.2) is 6.61 Å². The number of nitrogens with zero attached hydrogens (tertiary/aromatic N) is 1. The summed E-state index contributed by atoms with van der Waals surface area (Å²) in [4.78, 5) is 38.5. The Morgan fingerprint density at radius 3 is 2.57 bits per heavy atom. The van der Waals surface area contributed by atoms with Gasteiger partial charge in [-0.05, 0) is 35.7 Å². The highest BCUT2D eigenvalue weighted by Gasteiger charge is 2.36. The number of esters is 1. The average Bonchev–Trinajstić information content (AvgIpc) is 3.15. The molecule has 1 aliphatic heterocycles. The molecule has 2 amide bonds. The normalized spacial score (nSPS) is 16.0. The first-order valence-electron chi connectivity index (χ1n) is 9.51. The number of hydrogen-bond acceptors (Lipinski definition) is 4. The molecule has 6 nitrogen and oxygen atoms in total. The molecule has 3 aromatic carbocycles. The molecule has 7 heteroatoms. The first-order valence-corrected chi connectivity index (χ1v) is 9.51. The van der Waals surface area contributed by atoms with Gasteiger partial charge >= 0.3 is 5.97 Å². The Balaban J connectivity index is 1.37. The van der Waals surface area contributed by atoms with Crippen LogP contribution in [0.2, 0.25) is 0 Å². The fourth-order valence-electron chi connectivity index (χ4n) is 3.53. The lowest BCUT2D eigenvalue weighted by molar-refractivity contribution is -0.151. The van der Waals surface area contributed by atoms with Gasteiger partial charge in [-0.2, -0.15) is 0 Å². The van der Waals surface area contributed by atoms with Gasteiger partial charge in [0.1, 0.15) is 5.82 Å². The first-order chi connectivity index (χ1) is 14.5. The summed E-state index contributed by atoms with van der Waals surface area (Å²) in [7, 11) is 0. The van der Waals surface area contributed by atoms with E-state index in [2.05, 4.69) is 5.32 Å². The third-order valence-corrected chi connectivity index (χ3v) is 4.99. The minimum Gasteiger partial charge on any atom is -0.455 e. The quantitative estimate of drug-likeness (QED) is 0.658. The van der Waals surface area contributed by atoms with Crippen LogP contribution in [0.4, 0.5) is 15.8 Å². The summed E-state index contributed by atoms with van der Waals surface area (Å²) in [5.41, 5.74) is 1.15. The maximum Gasteiger partial charge on any atom is 0.311 e. The molecule has 0 aromatic heterocycles. The van der Waals surface area contributed by atoms with Gasteiger partial charge < -0.3 is 15.0 Å². The number of carbonyl (C=O) groups is 3. The van der Waals surface area contributed by atoms with Crippen molar-refractivity contribution < 1.29 is 23.5 Å². The largest absolute Gasteiger partial charge is 0.455 e. The second-order valence-electron chi connectivity index (χ2n) is 7.07. The van der Waals surface area contributed by atoms with Crippen LogP contribution < -0.4 is 10.2 Å². The number of carbonyl (C=O) groups excluding carboxylic acids is 3. The molecule has 152 valence electrons. The monoisotopic (exact) mass is 406 g/mol. The van der Waals surface area contributed by atoms with E-state index in [0.717, 1.165) is 16.5 Å². The highest BCUT2D eigenvalue weighted by atomic mass is 19.1. The Hall–Kier alpha value is -3.74. The molecule has 0 spiro atoms. The maximum atomic E-state index is 12.9. The SMILES string of the molecule is O=C(COC(=O)[C@H]1CC(=O)N(c2cccc3ccccc23)C1)Nc1ccc(F)cc1. The van der Waals surface area contributed by atoms with Gasteiger partial charge in [0.05, 0.1) is 11.6 Å². The molecule has 30 heavy (non-hydrogen) atoms. The van der Waals surface area contributed by atoms with E-state index in [4.69, 9.17) is 4.74 Å². The molecule has 1 aliphatic rings. The average molecular weight is 406 g/mol. The topological polar surface area (TPSA) is 75.7 Å². The molecular formula is C23H19FN2O4. The van der Waals surface area contributed by atoms with Gasteiger partial charge in [-0.3, -0.25) is 14.4 Å². The Bertz CT molecular complexity index is 1110. The van der Waals surface area contributed by atoms with E-state index in [1.54, 1.807) is 4.90 Å². The lowest BCUT2D eigenvalue weighted by Crippen LogP contribution is -2.28. The van der Waals surface area contributed by atoms with Crippen LogP contribution in [0.3, 0.4) is 0 Å². The summed E-state index contributed by atoms with van der Waals surface area (Å²) in [6, 6.07) is 18.7. The summed E-state index contributed by atoms with van der Waals surface area (Å²) >= 11 is 0. The van der Waals surface area contributed by atoms with E-state index >= 15 is 0 Å². The van der Waals surface area contributed by atoms with Gasteiger partial charge in [-0.15, -0.1) is 0 Å². The smallest absolute Gasteiger partial charge is 0.311 e. The molecular weight excluding hydrogens is 387 g/mol. The molecule has 0 saturated carbocycles. The van der Waals surface area contributed by atoms with Crippen molar-refractivity contribution in [2.45, 2.75) is 6.42 Å². The van der Waals surface area contributed by atoms with Crippen LogP contribution in [0, 0.1) is 11.7 Å². The van der Waals surface area contributed by atoms with E-state index in [0.29, 0.717) is 5.69 Å². The zero-order chi connectivity index (χ0) is 21.1. The van der Waals surface area contributed by atoms with Gasteiger partial charge in [0.25, 0.3) is 5.91 Å². The van der Waals surface area contributed by atoms with E-state index in [1.165, 1.54) is 24.3 Å². The second-order valence-corrected chi connectivity index (χ2v) is 7.07. The number of hydrogen-bond donors (Lipinski definition) is 1. The van der Waals surface area contributed by atoms with Crippen LogP contribution in [0.1, 0.15) is 6.42 Å². The number of amides is 2. The van der Waals surface area contributed by atoms with Crippen LogP contribution >= 0.6 is 0 Å². The van der Waals surface area contributed by atoms with E-state index in [-0.39, 0.29) is 18.9 Å². The molecule has 1 N–H and O–H groups in total.